The van der Waals surface area contributed by atoms with Gasteiger partial charge in [0, 0.05) is 6.54 Å². The van der Waals surface area contributed by atoms with Crippen molar-refractivity contribution in [3.8, 4) is 0 Å². The lowest BCUT2D eigenvalue weighted by molar-refractivity contribution is -0.385. The third-order valence-electron chi connectivity index (χ3n) is 4.10. The number of nitro groups is 1. The molecule has 0 aromatic heterocycles. The first-order valence-electron chi connectivity index (χ1n) is 7.20. The number of nitro benzene ring substituents is 1. The molecule has 5 nitrogen and oxygen atoms in total. The Kier molecular flexibility index (Phi) is 5.17. The molecule has 1 aromatic carbocycles. The predicted octanol–water partition coefficient (Wildman–Crippen LogP) is 3.80. The fraction of sp³-hybridized carbons (Fsp3) is 0.533. The number of halogens is 1. The number of hydrogen-bond donors (Lipinski definition) is 1. The Hall–Kier alpha value is -1.62. The van der Waals surface area contributed by atoms with Crippen LogP contribution in [0.5, 0.6) is 0 Å². The van der Waals surface area contributed by atoms with Gasteiger partial charge in [-0.25, -0.2) is 0 Å². The first-order chi connectivity index (χ1) is 9.99. The first-order valence-corrected chi connectivity index (χ1v) is 7.58. The number of carbonyl (C=O) groups is 1. The van der Waals surface area contributed by atoms with Crippen molar-refractivity contribution in [1.82, 2.24) is 5.32 Å². The predicted molar refractivity (Wildman–Crippen MR) is 81.6 cm³/mol. The molecule has 1 N–H and O–H groups in total. The molecular weight excluding hydrogens is 292 g/mol. The number of para-hydroxylation sites is 1. The number of nitrogens with one attached hydrogen (secondary N) is 1. The van der Waals surface area contributed by atoms with Crippen molar-refractivity contribution in [3.63, 3.8) is 0 Å². The van der Waals surface area contributed by atoms with E-state index in [0.29, 0.717) is 12.5 Å². The van der Waals surface area contributed by atoms with Crippen LogP contribution in [0.3, 0.4) is 0 Å². The molecule has 114 valence electrons. The smallest absolute Gasteiger partial charge is 0.300 e. The van der Waals surface area contributed by atoms with Crippen molar-refractivity contribution in [1.29, 1.82) is 0 Å². The van der Waals surface area contributed by atoms with Gasteiger partial charge in [0.25, 0.3) is 5.91 Å². The van der Waals surface area contributed by atoms with E-state index in [1.165, 1.54) is 25.0 Å². The lowest BCUT2D eigenvalue weighted by atomic mass is 9.83. The Balaban J connectivity index is 2.01. The Labute approximate surface area is 128 Å². The monoisotopic (exact) mass is 310 g/mol. The summed E-state index contributed by atoms with van der Waals surface area (Å²) in [6.07, 6.45) is 4.55. The van der Waals surface area contributed by atoms with E-state index in [2.05, 4.69) is 12.2 Å². The van der Waals surface area contributed by atoms with Crippen molar-refractivity contribution in [2.24, 2.45) is 11.8 Å². The topological polar surface area (TPSA) is 72.2 Å². The quantitative estimate of drug-likeness (QED) is 0.679. The van der Waals surface area contributed by atoms with Gasteiger partial charge in [-0.1, -0.05) is 37.4 Å². The van der Waals surface area contributed by atoms with Crippen molar-refractivity contribution in [2.75, 3.05) is 6.54 Å². The van der Waals surface area contributed by atoms with Crippen LogP contribution in [0.15, 0.2) is 18.2 Å². The second kappa shape index (κ2) is 6.89. The molecule has 0 spiro atoms. The molecule has 1 amide bonds. The van der Waals surface area contributed by atoms with E-state index in [1.807, 2.05) is 0 Å². The van der Waals surface area contributed by atoms with Gasteiger partial charge < -0.3 is 5.32 Å². The van der Waals surface area contributed by atoms with Gasteiger partial charge in [-0.2, -0.15) is 0 Å². The number of amides is 1. The second-order valence-corrected chi connectivity index (χ2v) is 6.14. The van der Waals surface area contributed by atoms with Crippen LogP contribution in [0, 0.1) is 22.0 Å². The molecule has 6 heteroatoms. The van der Waals surface area contributed by atoms with Crippen molar-refractivity contribution < 1.29 is 9.72 Å². The third-order valence-corrected chi connectivity index (χ3v) is 4.41. The Morgan fingerprint density at radius 2 is 2.05 bits per heavy atom. The van der Waals surface area contributed by atoms with Crippen LogP contribution in [0.2, 0.25) is 5.02 Å². The largest absolute Gasteiger partial charge is 0.352 e. The average Bonchev–Trinajstić information content (AvgIpc) is 2.45. The van der Waals surface area contributed by atoms with Gasteiger partial charge in [-0.15, -0.1) is 0 Å². The molecule has 0 aliphatic heterocycles. The SMILES string of the molecule is CC1CCC(CNC(=O)c2cccc(Cl)c2[N+](=O)[O-])CC1. The Morgan fingerprint density at radius 1 is 1.38 bits per heavy atom. The standard InChI is InChI=1S/C15H19ClN2O3/c1-10-5-7-11(8-6-10)9-17-15(19)12-3-2-4-13(16)14(12)18(20)21/h2-4,10-11H,5-9H2,1H3,(H,17,19). The summed E-state index contributed by atoms with van der Waals surface area (Å²) >= 11 is 5.81. The van der Waals surface area contributed by atoms with Gasteiger partial charge in [0.15, 0.2) is 0 Å². The minimum Gasteiger partial charge on any atom is -0.352 e. The summed E-state index contributed by atoms with van der Waals surface area (Å²) in [5, 5.41) is 13.8. The number of carbonyl (C=O) groups excluding carboxylic acids is 1. The molecule has 1 aliphatic carbocycles. The van der Waals surface area contributed by atoms with Gasteiger partial charge >= 0.3 is 5.69 Å². The minimum absolute atomic E-state index is 0.0147. The maximum atomic E-state index is 12.2. The van der Waals surface area contributed by atoms with E-state index in [9.17, 15) is 14.9 Å². The van der Waals surface area contributed by atoms with Crippen LogP contribution >= 0.6 is 11.6 Å². The van der Waals surface area contributed by atoms with Gasteiger partial charge in [0.2, 0.25) is 0 Å². The molecular formula is C15H19ClN2O3. The summed E-state index contributed by atoms with van der Waals surface area (Å²) in [4.78, 5) is 22.6. The molecule has 0 saturated heterocycles. The highest BCUT2D eigenvalue weighted by Crippen LogP contribution is 2.29. The van der Waals surface area contributed by atoms with Crippen LogP contribution in [-0.4, -0.2) is 17.4 Å². The fourth-order valence-corrected chi connectivity index (χ4v) is 2.99. The molecule has 0 unspecified atom stereocenters. The van der Waals surface area contributed by atoms with Gasteiger partial charge in [-0.05, 0) is 36.8 Å². The molecule has 0 radical (unpaired) electrons. The molecule has 1 aliphatic rings. The molecule has 0 bridgehead atoms. The van der Waals surface area contributed by atoms with E-state index in [0.717, 1.165) is 18.8 Å². The zero-order valence-corrected chi connectivity index (χ0v) is 12.7. The van der Waals surface area contributed by atoms with Crippen molar-refractivity contribution in [3.05, 3.63) is 38.9 Å². The van der Waals surface area contributed by atoms with Crippen LogP contribution in [0.25, 0.3) is 0 Å². The zero-order chi connectivity index (χ0) is 15.4. The summed E-state index contributed by atoms with van der Waals surface area (Å²) in [6.45, 7) is 2.80. The molecule has 21 heavy (non-hydrogen) atoms. The molecule has 0 atom stereocenters. The Bertz CT molecular complexity index is 540. The van der Waals surface area contributed by atoms with Crippen LogP contribution < -0.4 is 5.32 Å². The average molecular weight is 311 g/mol. The zero-order valence-electron chi connectivity index (χ0n) is 12.0. The summed E-state index contributed by atoms with van der Waals surface area (Å²) in [6, 6.07) is 4.40. The van der Waals surface area contributed by atoms with Crippen molar-refractivity contribution >= 4 is 23.2 Å². The summed E-state index contributed by atoms with van der Waals surface area (Å²) in [5.41, 5.74) is -0.300. The molecule has 1 fully saturated rings. The van der Waals surface area contributed by atoms with E-state index in [1.54, 1.807) is 6.07 Å². The van der Waals surface area contributed by atoms with Crippen LogP contribution in [0.4, 0.5) is 5.69 Å². The maximum Gasteiger partial charge on any atom is 0.300 e. The number of rotatable bonds is 4. The minimum atomic E-state index is -0.612. The van der Waals surface area contributed by atoms with Gasteiger partial charge in [0.05, 0.1) is 4.92 Å². The summed E-state index contributed by atoms with van der Waals surface area (Å²) in [5.74, 6) is 0.789. The lowest BCUT2D eigenvalue weighted by Crippen LogP contribution is -2.31. The highest BCUT2D eigenvalue weighted by Gasteiger charge is 2.24. The highest BCUT2D eigenvalue weighted by molar-refractivity contribution is 6.33. The van der Waals surface area contributed by atoms with Crippen LogP contribution in [-0.2, 0) is 0 Å². The normalized spacial score (nSPS) is 21.8. The van der Waals surface area contributed by atoms with Crippen molar-refractivity contribution in [2.45, 2.75) is 32.6 Å². The van der Waals surface area contributed by atoms with Gasteiger partial charge in [0.1, 0.15) is 10.6 Å². The van der Waals surface area contributed by atoms with E-state index >= 15 is 0 Å². The molecule has 1 aromatic rings. The number of benzene rings is 1. The number of hydrogen-bond acceptors (Lipinski definition) is 3. The third kappa shape index (κ3) is 3.94. The van der Waals surface area contributed by atoms with E-state index in [-0.39, 0.29) is 16.3 Å². The van der Waals surface area contributed by atoms with E-state index < -0.39 is 10.8 Å². The fourth-order valence-electron chi connectivity index (χ4n) is 2.75. The highest BCUT2D eigenvalue weighted by atomic mass is 35.5. The molecule has 0 heterocycles. The second-order valence-electron chi connectivity index (χ2n) is 5.73. The maximum absolute atomic E-state index is 12.2. The van der Waals surface area contributed by atoms with E-state index in [4.69, 9.17) is 11.6 Å². The lowest BCUT2D eigenvalue weighted by Gasteiger charge is -2.26. The summed E-state index contributed by atoms with van der Waals surface area (Å²) < 4.78 is 0. The molecule has 2 rings (SSSR count). The Morgan fingerprint density at radius 3 is 2.67 bits per heavy atom. The van der Waals surface area contributed by atoms with Gasteiger partial charge in [-0.3, -0.25) is 14.9 Å². The summed E-state index contributed by atoms with van der Waals surface area (Å²) in [7, 11) is 0. The van der Waals surface area contributed by atoms with Crippen LogP contribution in [0.1, 0.15) is 43.0 Å². The number of nitrogens with zero attached hydrogens (tertiary/aromatic N) is 1. The first kappa shape index (κ1) is 15.8. The molecule has 1 saturated carbocycles.